The average molecular weight is 273 g/mol. The second-order valence-electron chi connectivity index (χ2n) is 4.54. The lowest BCUT2D eigenvalue weighted by molar-refractivity contribution is 0.0980. The predicted octanol–water partition coefficient (Wildman–Crippen LogP) is 2.25. The fourth-order valence-electron chi connectivity index (χ4n) is 2.20. The number of ketones is 2. The summed E-state index contributed by atoms with van der Waals surface area (Å²) < 4.78 is 0. The SMILES string of the molecule is CC(N)c1cc2c(s1)C(=O)c1cccc(O)c1C2=O. The van der Waals surface area contributed by atoms with E-state index in [2.05, 4.69) is 0 Å². The fraction of sp³-hybridized carbons (Fsp3) is 0.143. The molecule has 1 aromatic carbocycles. The first-order chi connectivity index (χ1) is 9.00. The third-order valence-electron chi connectivity index (χ3n) is 3.16. The highest BCUT2D eigenvalue weighted by atomic mass is 32.1. The van der Waals surface area contributed by atoms with Gasteiger partial charge in [0.15, 0.2) is 5.78 Å². The van der Waals surface area contributed by atoms with Crippen molar-refractivity contribution < 1.29 is 14.7 Å². The predicted molar refractivity (Wildman–Crippen MR) is 71.9 cm³/mol. The van der Waals surface area contributed by atoms with Crippen molar-refractivity contribution in [3.63, 3.8) is 0 Å². The number of rotatable bonds is 1. The van der Waals surface area contributed by atoms with E-state index in [0.717, 1.165) is 4.88 Å². The summed E-state index contributed by atoms with van der Waals surface area (Å²) in [7, 11) is 0. The minimum Gasteiger partial charge on any atom is -0.507 e. The van der Waals surface area contributed by atoms with Crippen LogP contribution in [0.3, 0.4) is 0 Å². The molecule has 0 saturated heterocycles. The number of carbonyl (C=O) groups excluding carboxylic acids is 2. The maximum absolute atomic E-state index is 12.4. The zero-order valence-electron chi connectivity index (χ0n) is 10.1. The van der Waals surface area contributed by atoms with Crippen LogP contribution in [-0.4, -0.2) is 16.7 Å². The molecule has 0 bridgehead atoms. The van der Waals surface area contributed by atoms with Gasteiger partial charge in [0.2, 0.25) is 5.78 Å². The molecule has 96 valence electrons. The summed E-state index contributed by atoms with van der Waals surface area (Å²) in [5.41, 5.74) is 6.49. The van der Waals surface area contributed by atoms with Gasteiger partial charge in [-0.05, 0) is 25.1 Å². The van der Waals surface area contributed by atoms with E-state index in [1.54, 1.807) is 25.1 Å². The lowest BCUT2D eigenvalue weighted by atomic mass is 9.88. The molecule has 3 N–H and O–H groups in total. The van der Waals surface area contributed by atoms with Crippen LogP contribution < -0.4 is 5.73 Å². The quantitative estimate of drug-likeness (QED) is 0.712. The van der Waals surface area contributed by atoms with Gasteiger partial charge < -0.3 is 10.8 Å². The summed E-state index contributed by atoms with van der Waals surface area (Å²) >= 11 is 1.25. The summed E-state index contributed by atoms with van der Waals surface area (Å²) in [6, 6.07) is 5.95. The van der Waals surface area contributed by atoms with E-state index in [1.165, 1.54) is 17.4 Å². The number of aromatic hydroxyl groups is 1. The molecule has 2 aromatic rings. The standard InChI is InChI=1S/C14H11NO3S/c1-6(15)10-5-8-12(17)11-7(3-2-4-9(11)16)13(18)14(8)19-10/h2-6,16H,15H2,1H3. The Bertz CT molecular complexity index is 715. The minimum absolute atomic E-state index is 0.0917. The van der Waals surface area contributed by atoms with Crippen LogP contribution in [0.5, 0.6) is 5.75 Å². The van der Waals surface area contributed by atoms with E-state index in [9.17, 15) is 14.7 Å². The summed E-state index contributed by atoms with van der Waals surface area (Å²) in [6.07, 6.45) is 0. The fourth-order valence-corrected chi connectivity index (χ4v) is 3.26. The molecule has 3 rings (SSSR count). The zero-order valence-corrected chi connectivity index (χ0v) is 11.0. The Kier molecular flexibility index (Phi) is 2.55. The number of benzene rings is 1. The van der Waals surface area contributed by atoms with E-state index in [1.807, 2.05) is 0 Å². The molecular weight excluding hydrogens is 262 g/mol. The molecule has 1 atom stereocenters. The van der Waals surface area contributed by atoms with Crippen molar-refractivity contribution in [3.8, 4) is 5.75 Å². The Morgan fingerprint density at radius 2 is 1.95 bits per heavy atom. The Morgan fingerprint density at radius 1 is 1.21 bits per heavy atom. The number of nitrogens with two attached hydrogens (primary N) is 1. The van der Waals surface area contributed by atoms with Gasteiger partial charge >= 0.3 is 0 Å². The third kappa shape index (κ3) is 1.63. The van der Waals surface area contributed by atoms with Crippen molar-refractivity contribution in [2.24, 2.45) is 5.73 Å². The number of phenolic OH excluding ortho intramolecular Hbond substituents is 1. The van der Waals surface area contributed by atoms with Gasteiger partial charge in [-0.2, -0.15) is 0 Å². The van der Waals surface area contributed by atoms with Gasteiger partial charge in [-0.1, -0.05) is 6.07 Å². The molecule has 19 heavy (non-hydrogen) atoms. The Morgan fingerprint density at radius 3 is 2.63 bits per heavy atom. The third-order valence-corrected chi connectivity index (χ3v) is 4.50. The van der Waals surface area contributed by atoms with Gasteiger partial charge in [-0.15, -0.1) is 11.3 Å². The van der Waals surface area contributed by atoms with Gasteiger partial charge in [0, 0.05) is 22.0 Å². The van der Waals surface area contributed by atoms with Gasteiger partial charge in [-0.3, -0.25) is 9.59 Å². The maximum Gasteiger partial charge on any atom is 0.204 e. The van der Waals surface area contributed by atoms with Crippen LogP contribution >= 0.6 is 11.3 Å². The Labute approximate surface area is 113 Å². The molecule has 1 heterocycles. The van der Waals surface area contributed by atoms with E-state index >= 15 is 0 Å². The molecule has 1 unspecified atom stereocenters. The Hall–Kier alpha value is -1.98. The summed E-state index contributed by atoms with van der Waals surface area (Å²) in [4.78, 5) is 25.9. The number of thiophene rings is 1. The lowest BCUT2D eigenvalue weighted by Crippen LogP contribution is -2.18. The van der Waals surface area contributed by atoms with E-state index in [4.69, 9.17) is 5.73 Å². The van der Waals surface area contributed by atoms with Crippen molar-refractivity contribution in [2.75, 3.05) is 0 Å². The van der Waals surface area contributed by atoms with E-state index < -0.39 is 0 Å². The number of hydrogen-bond donors (Lipinski definition) is 2. The number of phenols is 1. The molecule has 0 saturated carbocycles. The van der Waals surface area contributed by atoms with Crippen LogP contribution in [0.2, 0.25) is 0 Å². The molecule has 1 aliphatic rings. The zero-order chi connectivity index (χ0) is 13.7. The van der Waals surface area contributed by atoms with Gasteiger partial charge in [0.1, 0.15) is 5.75 Å². The van der Waals surface area contributed by atoms with Crippen LogP contribution in [0.25, 0.3) is 0 Å². The van der Waals surface area contributed by atoms with Crippen LogP contribution in [0.15, 0.2) is 24.3 Å². The largest absolute Gasteiger partial charge is 0.507 e. The molecule has 1 aliphatic carbocycles. The highest BCUT2D eigenvalue weighted by Crippen LogP contribution is 2.37. The second kappa shape index (κ2) is 4.01. The normalized spacial score (nSPS) is 15.1. The molecule has 0 aliphatic heterocycles. The summed E-state index contributed by atoms with van der Waals surface area (Å²) in [5.74, 6) is -0.696. The average Bonchev–Trinajstić information content (AvgIpc) is 2.81. The van der Waals surface area contributed by atoms with Gasteiger partial charge in [-0.25, -0.2) is 0 Å². The molecule has 0 fully saturated rings. The second-order valence-corrected chi connectivity index (χ2v) is 5.62. The van der Waals surface area contributed by atoms with Crippen LogP contribution in [0, 0.1) is 0 Å². The molecule has 4 nitrogen and oxygen atoms in total. The molecule has 0 spiro atoms. The maximum atomic E-state index is 12.4. The van der Waals surface area contributed by atoms with Gasteiger partial charge in [0.05, 0.1) is 10.4 Å². The van der Waals surface area contributed by atoms with E-state index in [-0.39, 0.29) is 34.5 Å². The Balaban J connectivity index is 2.27. The minimum atomic E-state index is -0.314. The molecule has 0 amide bonds. The van der Waals surface area contributed by atoms with Crippen LogP contribution in [-0.2, 0) is 0 Å². The van der Waals surface area contributed by atoms with Crippen LogP contribution in [0.4, 0.5) is 0 Å². The van der Waals surface area contributed by atoms with Crippen molar-refractivity contribution in [1.29, 1.82) is 0 Å². The van der Waals surface area contributed by atoms with Crippen LogP contribution in [0.1, 0.15) is 49.0 Å². The first kappa shape index (κ1) is 12.1. The number of fused-ring (bicyclic) bond motifs is 2. The molecule has 5 heteroatoms. The lowest BCUT2D eigenvalue weighted by Gasteiger charge is -2.14. The molecule has 1 aromatic heterocycles. The summed E-state index contributed by atoms with van der Waals surface area (Å²) in [5, 5.41) is 9.79. The molecule has 0 radical (unpaired) electrons. The number of carbonyl (C=O) groups is 2. The smallest absolute Gasteiger partial charge is 0.204 e. The topological polar surface area (TPSA) is 80.4 Å². The highest BCUT2D eigenvalue weighted by molar-refractivity contribution is 7.14. The van der Waals surface area contributed by atoms with Gasteiger partial charge in [0.25, 0.3) is 0 Å². The number of hydrogen-bond acceptors (Lipinski definition) is 5. The first-order valence-electron chi connectivity index (χ1n) is 5.81. The van der Waals surface area contributed by atoms with Crippen molar-refractivity contribution >= 4 is 22.9 Å². The van der Waals surface area contributed by atoms with Crippen molar-refractivity contribution in [3.05, 3.63) is 50.7 Å². The van der Waals surface area contributed by atoms with Crippen molar-refractivity contribution in [2.45, 2.75) is 13.0 Å². The first-order valence-corrected chi connectivity index (χ1v) is 6.63. The summed E-state index contributed by atoms with van der Waals surface area (Å²) in [6.45, 7) is 1.80. The molecular formula is C14H11NO3S. The highest BCUT2D eigenvalue weighted by Gasteiger charge is 2.34. The van der Waals surface area contributed by atoms with Crippen molar-refractivity contribution in [1.82, 2.24) is 0 Å². The monoisotopic (exact) mass is 273 g/mol. The van der Waals surface area contributed by atoms with E-state index in [0.29, 0.717) is 10.4 Å².